The maximum absolute atomic E-state index is 13.2. The number of methoxy groups -OCH3 is 2. The lowest BCUT2D eigenvalue weighted by atomic mass is 9.71. The molecule has 0 saturated carbocycles. The van der Waals surface area contributed by atoms with E-state index in [1.54, 1.807) is 14.2 Å². The Balaban J connectivity index is 1.68. The fraction of sp³-hybridized carbons (Fsp3) is 0.393. The second-order valence-corrected chi connectivity index (χ2v) is 8.69. The second kappa shape index (κ2) is 11.3. The maximum atomic E-state index is 13.2. The van der Waals surface area contributed by atoms with E-state index in [1.807, 2.05) is 55.5 Å². The van der Waals surface area contributed by atoms with Gasteiger partial charge in [-0.2, -0.15) is 0 Å². The first-order valence-electron chi connectivity index (χ1n) is 11.8. The van der Waals surface area contributed by atoms with Crippen LogP contribution in [0.25, 0.3) is 0 Å². The van der Waals surface area contributed by atoms with Gasteiger partial charge in [-0.15, -0.1) is 0 Å². The first-order valence-corrected chi connectivity index (χ1v) is 11.8. The first kappa shape index (κ1) is 24.7. The molecule has 2 aliphatic rings. The van der Waals surface area contributed by atoms with Crippen molar-refractivity contribution < 1.29 is 28.5 Å². The van der Waals surface area contributed by atoms with E-state index in [1.165, 1.54) is 0 Å². The largest absolute Gasteiger partial charge is 0.493 e. The highest BCUT2D eigenvalue weighted by Crippen LogP contribution is 2.45. The van der Waals surface area contributed by atoms with Gasteiger partial charge in [0.2, 0.25) is 0 Å². The van der Waals surface area contributed by atoms with Crippen LogP contribution in [0.4, 0.5) is 0 Å². The van der Waals surface area contributed by atoms with E-state index in [-0.39, 0.29) is 12.4 Å². The smallest absolute Gasteiger partial charge is 0.315 e. The third kappa shape index (κ3) is 5.46. The Hall–Kier alpha value is -3.45. The normalized spacial score (nSPS) is 19.6. The quantitative estimate of drug-likeness (QED) is 0.386. The molecule has 7 nitrogen and oxygen atoms in total. The van der Waals surface area contributed by atoms with E-state index >= 15 is 0 Å². The van der Waals surface area contributed by atoms with Gasteiger partial charge in [0.05, 0.1) is 13.7 Å². The Bertz CT molecular complexity index is 1140. The number of hydrogen-bond donors (Lipinski definition) is 0. The maximum Gasteiger partial charge on any atom is 0.315 e. The van der Waals surface area contributed by atoms with Gasteiger partial charge in [0, 0.05) is 36.4 Å². The Morgan fingerprint density at radius 1 is 1.03 bits per heavy atom. The van der Waals surface area contributed by atoms with E-state index in [9.17, 15) is 9.59 Å². The number of hydrogen-bond acceptors (Lipinski definition) is 7. The molecule has 35 heavy (non-hydrogen) atoms. The molecular weight excluding hydrogens is 446 g/mol. The van der Waals surface area contributed by atoms with Crippen molar-refractivity contribution in [1.82, 2.24) is 0 Å². The second-order valence-electron chi connectivity index (χ2n) is 8.69. The third-order valence-electron chi connectivity index (χ3n) is 6.40. The Kier molecular flexibility index (Phi) is 7.98. The van der Waals surface area contributed by atoms with Crippen LogP contribution in [0.15, 0.2) is 64.8 Å². The summed E-state index contributed by atoms with van der Waals surface area (Å²) < 4.78 is 22.2. The van der Waals surface area contributed by atoms with E-state index in [4.69, 9.17) is 18.9 Å². The van der Waals surface area contributed by atoms with E-state index < -0.39 is 17.8 Å². The van der Waals surface area contributed by atoms with Crippen LogP contribution in [0, 0.1) is 5.92 Å². The van der Waals surface area contributed by atoms with Crippen LogP contribution < -0.4 is 9.47 Å². The van der Waals surface area contributed by atoms with Crippen molar-refractivity contribution in [2.45, 2.75) is 38.7 Å². The lowest BCUT2D eigenvalue weighted by Gasteiger charge is -2.34. The highest BCUT2D eigenvalue weighted by atomic mass is 16.6. The van der Waals surface area contributed by atoms with E-state index in [0.29, 0.717) is 42.4 Å². The third-order valence-corrected chi connectivity index (χ3v) is 6.40. The van der Waals surface area contributed by atoms with Crippen molar-refractivity contribution in [1.29, 1.82) is 0 Å². The fourth-order valence-electron chi connectivity index (χ4n) is 4.72. The van der Waals surface area contributed by atoms with E-state index in [2.05, 4.69) is 4.99 Å². The molecule has 0 amide bonds. The molecule has 1 aliphatic heterocycles. The lowest BCUT2D eigenvalue weighted by molar-refractivity contribution is -0.147. The minimum absolute atomic E-state index is 0.0329. The van der Waals surface area contributed by atoms with Crippen LogP contribution in [-0.2, 0) is 25.7 Å². The van der Waals surface area contributed by atoms with Crippen molar-refractivity contribution in [2.24, 2.45) is 10.9 Å². The fourth-order valence-corrected chi connectivity index (χ4v) is 4.72. The number of ether oxygens (including phenoxy) is 4. The Morgan fingerprint density at radius 2 is 1.83 bits per heavy atom. The van der Waals surface area contributed by atoms with Crippen LogP contribution >= 0.6 is 0 Å². The molecule has 2 aromatic carbocycles. The molecule has 1 unspecified atom stereocenters. The zero-order valence-electron chi connectivity index (χ0n) is 20.4. The number of allylic oxidation sites excluding steroid dienone is 2. The molecule has 2 aromatic rings. The summed E-state index contributed by atoms with van der Waals surface area (Å²) in [7, 11) is 3.13. The number of aliphatic imine (C=N–C) groups is 1. The van der Waals surface area contributed by atoms with Crippen molar-refractivity contribution >= 4 is 17.5 Å². The zero-order chi connectivity index (χ0) is 24.8. The summed E-state index contributed by atoms with van der Waals surface area (Å²) in [5.74, 6) is -0.455. The number of ketones is 1. The van der Waals surface area contributed by atoms with Gasteiger partial charge < -0.3 is 18.9 Å². The minimum Gasteiger partial charge on any atom is -0.493 e. The first-order chi connectivity index (χ1) is 17.0. The minimum atomic E-state index is -0.701. The van der Waals surface area contributed by atoms with Crippen LogP contribution in [0.3, 0.4) is 0 Å². The Labute approximate surface area is 205 Å². The van der Waals surface area contributed by atoms with Gasteiger partial charge in [-0.1, -0.05) is 36.4 Å². The predicted octanol–water partition coefficient (Wildman–Crippen LogP) is 4.65. The molecule has 4 rings (SSSR count). The van der Waals surface area contributed by atoms with Gasteiger partial charge in [-0.3, -0.25) is 14.6 Å². The SMILES string of the molecule is COCCOC(=O)C1C(C)=NC2=C(C(=O)CCC2)[C@@H]1c1ccc(OCc2ccccc2)c(OC)c1. The van der Waals surface area contributed by atoms with Crippen molar-refractivity contribution in [3.05, 3.63) is 70.9 Å². The number of benzene rings is 2. The van der Waals surface area contributed by atoms with Gasteiger partial charge in [0.15, 0.2) is 17.3 Å². The van der Waals surface area contributed by atoms with Crippen molar-refractivity contribution in [2.75, 3.05) is 27.4 Å². The highest BCUT2D eigenvalue weighted by Gasteiger charge is 2.43. The summed E-state index contributed by atoms with van der Waals surface area (Å²) in [6.45, 7) is 2.66. The number of Topliss-reactive ketones (excluding diaryl/α,β-unsaturated/α-hetero) is 1. The summed E-state index contributed by atoms with van der Waals surface area (Å²) in [5.41, 5.74) is 3.86. The summed E-state index contributed by atoms with van der Waals surface area (Å²) in [5, 5.41) is 0. The summed E-state index contributed by atoms with van der Waals surface area (Å²) in [6.07, 6.45) is 1.93. The van der Waals surface area contributed by atoms with Crippen LogP contribution in [0.2, 0.25) is 0 Å². The summed E-state index contributed by atoms with van der Waals surface area (Å²) in [4.78, 5) is 30.9. The molecular formula is C28H31NO6. The van der Waals surface area contributed by atoms with Gasteiger partial charge in [-0.25, -0.2) is 0 Å². The number of rotatable bonds is 9. The molecule has 0 bridgehead atoms. The molecule has 7 heteroatoms. The monoisotopic (exact) mass is 477 g/mol. The number of carbonyl (C=O) groups is 2. The van der Waals surface area contributed by atoms with Gasteiger partial charge in [0.25, 0.3) is 0 Å². The zero-order valence-corrected chi connectivity index (χ0v) is 20.4. The molecule has 0 N–H and O–H groups in total. The summed E-state index contributed by atoms with van der Waals surface area (Å²) in [6, 6.07) is 15.5. The molecule has 0 saturated heterocycles. The van der Waals surface area contributed by atoms with E-state index in [0.717, 1.165) is 29.7 Å². The van der Waals surface area contributed by atoms with Gasteiger partial charge >= 0.3 is 5.97 Å². The topological polar surface area (TPSA) is 83.4 Å². The van der Waals surface area contributed by atoms with Crippen LogP contribution in [-0.4, -0.2) is 44.9 Å². The standard InChI is InChI=1S/C28H31NO6/c1-18-25(28(31)34-15-14-32-2)26(27-21(29-18)10-7-11-22(27)30)20-12-13-23(24(16-20)33-3)35-17-19-8-5-4-6-9-19/h4-6,8-9,12-13,16,25-26H,7,10-11,14-15,17H2,1-3H3/t25?,26-/m1/s1. The molecule has 1 heterocycles. The summed E-state index contributed by atoms with van der Waals surface area (Å²) >= 11 is 0. The van der Waals surface area contributed by atoms with Crippen LogP contribution in [0.5, 0.6) is 11.5 Å². The molecule has 0 spiro atoms. The molecule has 184 valence electrons. The molecule has 0 radical (unpaired) electrons. The molecule has 0 aromatic heterocycles. The number of esters is 1. The lowest BCUT2D eigenvalue weighted by Crippen LogP contribution is -2.37. The number of nitrogens with zero attached hydrogens (tertiary/aromatic N) is 1. The molecule has 0 fully saturated rings. The van der Waals surface area contributed by atoms with Crippen LogP contribution in [0.1, 0.15) is 43.2 Å². The van der Waals surface area contributed by atoms with Crippen molar-refractivity contribution in [3.8, 4) is 11.5 Å². The Morgan fingerprint density at radius 3 is 2.57 bits per heavy atom. The molecule has 2 atom stereocenters. The number of carbonyl (C=O) groups excluding carboxylic acids is 2. The average Bonchev–Trinajstić information content (AvgIpc) is 2.87. The molecule has 1 aliphatic carbocycles. The predicted molar refractivity (Wildman–Crippen MR) is 132 cm³/mol. The van der Waals surface area contributed by atoms with Gasteiger partial charge in [-0.05, 0) is 43.0 Å². The van der Waals surface area contributed by atoms with Gasteiger partial charge in [0.1, 0.15) is 19.1 Å². The highest BCUT2D eigenvalue weighted by molar-refractivity contribution is 6.08. The average molecular weight is 478 g/mol. The van der Waals surface area contributed by atoms with Crippen molar-refractivity contribution in [3.63, 3.8) is 0 Å².